The topological polar surface area (TPSA) is 167 Å². The fourth-order valence-corrected chi connectivity index (χ4v) is 5.87. The van der Waals surface area contributed by atoms with Crippen LogP contribution in [0.3, 0.4) is 0 Å². The van der Waals surface area contributed by atoms with Gasteiger partial charge in [0.2, 0.25) is 0 Å². The molecular formula is C35H7F8N7. The van der Waals surface area contributed by atoms with Gasteiger partial charge in [-0.3, -0.25) is 0 Å². The van der Waals surface area contributed by atoms with Gasteiger partial charge in [-0.2, -0.15) is 63.2 Å². The van der Waals surface area contributed by atoms with Crippen molar-refractivity contribution in [3.8, 4) is 42.5 Å². The first-order chi connectivity index (χ1) is 23.6. The van der Waals surface area contributed by atoms with Gasteiger partial charge in [-0.1, -0.05) is 12.1 Å². The Labute approximate surface area is 275 Å². The lowest BCUT2D eigenvalue weighted by molar-refractivity contribution is -0.140. The van der Waals surface area contributed by atoms with Crippen molar-refractivity contribution in [3.63, 3.8) is 0 Å². The maximum absolute atomic E-state index is 14.8. The predicted molar refractivity (Wildman–Crippen MR) is 155 cm³/mol. The van der Waals surface area contributed by atoms with E-state index in [4.69, 9.17) is 0 Å². The molecule has 5 rings (SSSR count). The summed E-state index contributed by atoms with van der Waals surface area (Å²) in [5, 5.41) is 70.6. The van der Waals surface area contributed by atoms with Gasteiger partial charge in [0.25, 0.3) is 0 Å². The second-order valence-corrected chi connectivity index (χ2v) is 10.3. The van der Waals surface area contributed by atoms with Gasteiger partial charge >= 0.3 is 12.4 Å². The molecule has 0 bridgehead atoms. The number of fused-ring (bicyclic) bond motifs is 2. The molecule has 0 amide bonds. The van der Waals surface area contributed by atoms with Crippen LogP contribution in [0, 0.1) is 91.0 Å². The zero-order chi connectivity index (χ0) is 36.9. The Morgan fingerprint density at radius 1 is 0.500 bits per heavy atom. The Morgan fingerprint density at radius 3 is 1.12 bits per heavy atom. The van der Waals surface area contributed by atoms with E-state index in [2.05, 4.69) is 0 Å². The van der Waals surface area contributed by atoms with Crippen LogP contribution in [-0.2, 0) is 12.4 Å². The molecular weight excluding hydrogens is 670 g/mol. The molecule has 2 aliphatic carbocycles. The highest BCUT2D eigenvalue weighted by Gasteiger charge is 2.42. The minimum absolute atomic E-state index is 0.296. The van der Waals surface area contributed by atoms with E-state index in [0.29, 0.717) is 24.3 Å². The van der Waals surface area contributed by atoms with Crippen molar-refractivity contribution in [1.82, 2.24) is 0 Å². The third-order valence-electron chi connectivity index (χ3n) is 7.77. The molecule has 0 heterocycles. The van der Waals surface area contributed by atoms with Crippen LogP contribution >= 0.6 is 0 Å². The standard InChI is InChI=1S/C35H7F8N7/c36-26-5-15(1-3-24(26)34(38,39)40)28-21(12-48)32-19(30(28)17(8-44)9-45)7-20-31(18(10-46)11-47)29(22(13-49)33(20)23(32)14-50)16-2-4-25(27(37)6-16)35(41,42)43/h1-7H. The summed E-state index contributed by atoms with van der Waals surface area (Å²) in [7, 11) is 0. The lowest BCUT2D eigenvalue weighted by Gasteiger charge is -2.14. The number of halogens is 8. The van der Waals surface area contributed by atoms with E-state index in [1.165, 1.54) is 0 Å². The molecule has 0 aromatic heterocycles. The van der Waals surface area contributed by atoms with Crippen molar-refractivity contribution < 1.29 is 35.1 Å². The highest BCUT2D eigenvalue weighted by molar-refractivity contribution is 6.30. The van der Waals surface area contributed by atoms with Gasteiger partial charge in [0.15, 0.2) is 0 Å². The highest BCUT2D eigenvalue weighted by Crippen LogP contribution is 2.56. The fraction of sp³-hybridized carbons (Fsp3) is 0.0571. The molecule has 0 fully saturated rings. The van der Waals surface area contributed by atoms with Crippen molar-refractivity contribution in [2.75, 3.05) is 0 Å². The van der Waals surface area contributed by atoms with Gasteiger partial charge in [-0.15, -0.1) is 0 Å². The largest absolute Gasteiger partial charge is 0.419 e. The van der Waals surface area contributed by atoms with Gasteiger partial charge in [-0.25, -0.2) is 8.78 Å². The Hall–Kier alpha value is -7.51. The maximum atomic E-state index is 14.8. The second kappa shape index (κ2) is 11.9. The van der Waals surface area contributed by atoms with Crippen molar-refractivity contribution >= 4 is 33.4 Å². The monoisotopic (exact) mass is 677 g/mol. The molecule has 0 spiro atoms. The highest BCUT2D eigenvalue weighted by atomic mass is 19.4. The third-order valence-corrected chi connectivity index (χ3v) is 7.77. The van der Waals surface area contributed by atoms with Gasteiger partial charge in [-0.05, 0) is 52.6 Å². The third kappa shape index (κ3) is 4.99. The normalized spacial score (nSPS) is 13.2. The zero-order valence-corrected chi connectivity index (χ0v) is 24.2. The van der Waals surface area contributed by atoms with Crippen LogP contribution in [0.5, 0.6) is 0 Å². The minimum atomic E-state index is -5.12. The average Bonchev–Trinajstić information content (AvgIpc) is 3.56. The lowest BCUT2D eigenvalue weighted by Crippen LogP contribution is -2.08. The SMILES string of the molecule is N#CC(C#N)=C1C(c2ccc(C(F)(F)F)c(F)c2)=C(C#N)c2c1cc1c(c2C#N)C(C#N)=C(c2ccc(C(F)(F)F)c(F)c2)C1=C(C#N)C#N. The fourth-order valence-electron chi connectivity index (χ4n) is 5.87. The van der Waals surface area contributed by atoms with E-state index in [9.17, 15) is 72.0 Å². The van der Waals surface area contributed by atoms with Crippen LogP contribution in [0.25, 0.3) is 33.4 Å². The molecule has 7 nitrogen and oxygen atoms in total. The molecule has 0 atom stereocenters. The Morgan fingerprint density at radius 2 is 0.860 bits per heavy atom. The van der Waals surface area contributed by atoms with Crippen LogP contribution in [0.15, 0.2) is 53.6 Å². The number of rotatable bonds is 2. The summed E-state index contributed by atoms with van der Waals surface area (Å²) in [6.45, 7) is 0. The minimum Gasteiger partial charge on any atom is -0.206 e. The molecule has 3 aromatic carbocycles. The zero-order valence-electron chi connectivity index (χ0n) is 24.2. The second-order valence-electron chi connectivity index (χ2n) is 10.3. The Kier molecular flexibility index (Phi) is 8.08. The van der Waals surface area contributed by atoms with Crippen LogP contribution < -0.4 is 0 Å². The van der Waals surface area contributed by atoms with Gasteiger partial charge in [0.1, 0.15) is 65.3 Å². The van der Waals surface area contributed by atoms with Crippen molar-refractivity contribution in [2.24, 2.45) is 0 Å². The number of hydrogen-bond donors (Lipinski definition) is 0. The van der Waals surface area contributed by atoms with Crippen LogP contribution in [0.4, 0.5) is 35.1 Å². The summed E-state index contributed by atoms with van der Waals surface area (Å²) < 4.78 is 110. The van der Waals surface area contributed by atoms with Crippen molar-refractivity contribution in [1.29, 1.82) is 36.8 Å². The Bertz CT molecular complexity index is 2350. The molecule has 0 N–H and O–H groups in total. The first-order valence-electron chi connectivity index (χ1n) is 13.4. The van der Waals surface area contributed by atoms with Crippen molar-refractivity contribution in [3.05, 3.63) is 115 Å². The van der Waals surface area contributed by atoms with E-state index < -0.39 is 96.4 Å². The molecule has 0 unspecified atom stereocenters. The molecule has 15 heteroatoms. The number of hydrogen-bond acceptors (Lipinski definition) is 7. The Balaban J connectivity index is 1.98. The van der Waals surface area contributed by atoms with Crippen LogP contribution in [0.2, 0.25) is 0 Å². The molecule has 238 valence electrons. The summed E-state index contributed by atoms with van der Waals surface area (Å²) in [4.78, 5) is 0. The molecule has 0 saturated carbocycles. The van der Waals surface area contributed by atoms with Crippen molar-refractivity contribution in [2.45, 2.75) is 12.4 Å². The summed E-state index contributed by atoms with van der Waals surface area (Å²) in [5.41, 5.74) is -10.5. The van der Waals surface area contributed by atoms with Crippen LogP contribution in [0.1, 0.15) is 50.1 Å². The molecule has 50 heavy (non-hydrogen) atoms. The quantitative estimate of drug-likeness (QED) is 0.194. The summed E-state index contributed by atoms with van der Waals surface area (Å²) in [5.74, 6) is -3.57. The first-order valence-corrected chi connectivity index (χ1v) is 13.4. The predicted octanol–water partition coefficient (Wildman–Crippen LogP) is 8.37. The van der Waals surface area contributed by atoms with Gasteiger partial charge < -0.3 is 0 Å². The molecule has 0 radical (unpaired) electrons. The van der Waals surface area contributed by atoms with Gasteiger partial charge in [0, 0.05) is 33.4 Å². The summed E-state index contributed by atoms with van der Waals surface area (Å²) in [6, 6.07) is 15.7. The molecule has 3 aromatic rings. The summed E-state index contributed by atoms with van der Waals surface area (Å²) in [6.07, 6.45) is -10.2. The number of nitriles is 7. The number of alkyl halides is 6. The molecule has 0 saturated heterocycles. The number of allylic oxidation sites excluding steroid dienone is 8. The number of benzene rings is 3. The van der Waals surface area contributed by atoms with E-state index in [-0.39, 0.29) is 22.3 Å². The first kappa shape index (κ1) is 33.8. The average molecular weight is 677 g/mol. The van der Waals surface area contributed by atoms with Crippen LogP contribution in [-0.4, -0.2) is 0 Å². The van der Waals surface area contributed by atoms with E-state index in [0.717, 1.165) is 18.2 Å². The van der Waals surface area contributed by atoms with E-state index >= 15 is 0 Å². The van der Waals surface area contributed by atoms with E-state index in [1.807, 2.05) is 0 Å². The smallest absolute Gasteiger partial charge is 0.206 e. The lowest BCUT2D eigenvalue weighted by atomic mass is 9.87. The van der Waals surface area contributed by atoms with Gasteiger partial charge in [0.05, 0.1) is 27.8 Å². The summed E-state index contributed by atoms with van der Waals surface area (Å²) >= 11 is 0. The molecule has 0 aliphatic heterocycles. The molecule has 2 aliphatic rings. The number of nitrogens with zero attached hydrogens (tertiary/aromatic N) is 7. The van der Waals surface area contributed by atoms with E-state index in [1.54, 1.807) is 42.5 Å². The maximum Gasteiger partial charge on any atom is 0.419 e.